The number of carbonyl (C=O) groups excluding carboxylic acids is 1. The van der Waals surface area contributed by atoms with Crippen molar-refractivity contribution >= 4 is 11.7 Å². The third-order valence-electron chi connectivity index (χ3n) is 2.84. The van der Waals surface area contributed by atoms with Crippen molar-refractivity contribution in [3.8, 4) is 0 Å². The van der Waals surface area contributed by atoms with E-state index >= 15 is 0 Å². The van der Waals surface area contributed by atoms with E-state index in [1.54, 1.807) is 12.3 Å². The second-order valence-electron chi connectivity index (χ2n) is 4.50. The van der Waals surface area contributed by atoms with Crippen molar-refractivity contribution in [3.63, 3.8) is 0 Å². The molecule has 0 aliphatic carbocycles. The van der Waals surface area contributed by atoms with Crippen LogP contribution >= 0.6 is 0 Å². The summed E-state index contributed by atoms with van der Waals surface area (Å²) in [5.41, 5.74) is 5.47. The number of nitrogens with two attached hydrogens (primary N) is 1. The number of hydrogen-bond acceptors (Lipinski definition) is 5. The number of nitrogen functional groups attached to an aromatic ring is 1. The molecule has 0 aromatic carbocycles. The van der Waals surface area contributed by atoms with Crippen LogP contribution in [0.15, 0.2) is 12.3 Å². The Hall–Kier alpha value is -1.60. The van der Waals surface area contributed by atoms with Gasteiger partial charge in [-0.15, -0.1) is 0 Å². The molecule has 0 spiro atoms. The summed E-state index contributed by atoms with van der Waals surface area (Å²) < 4.78 is 7.07. The lowest BCUT2D eigenvalue weighted by atomic mass is 10.3. The summed E-state index contributed by atoms with van der Waals surface area (Å²) in [7, 11) is 2.05. The molecule has 1 saturated heterocycles. The number of nitrogens with one attached hydrogen (secondary N) is 1. The van der Waals surface area contributed by atoms with Gasteiger partial charge in [0.25, 0.3) is 0 Å². The van der Waals surface area contributed by atoms with Gasteiger partial charge in [-0.1, -0.05) is 0 Å². The van der Waals surface area contributed by atoms with E-state index in [0.29, 0.717) is 19.0 Å². The summed E-state index contributed by atoms with van der Waals surface area (Å²) in [6.07, 6.45) is 1.75. The summed E-state index contributed by atoms with van der Waals surface area (Å²) >= 11 is 0. The Morgan fingerprint density at radius 1 is 1.72 bits per heavy atom. The molecule has 100 valence electrons. The standard InChI is InChI=1S/C11H19N5O2/c1-15-4-5-18-9(7-15)6-13-11(17)8-16-3-2-10(12)14-16/h2-3,9H,4-8H2,1H3,(H2,12,14)(H,13,17). The molecule has 0 radical (unpaired) electrons. The molecule has 1 aromatic rings. The van der Waals surface area contributed by atoms with Crippen molar-refractivity contribution in [2.45, 2.75) is 12.6 Å². The molecular formula is C11H19N5O2. The highest BCUT2D eigenvalue weighted by atomic mass is 16.5. The fourth-order valence-corrected chi connectivity index (χ4v) is 1.89. The minimum atomic E-state index is -0.0880. The van der Waals surface area contributed by atoms with Crippen LogP contribution in [0, 0.1) is 0 Å². The second-order valence-corrected chi connectivity index (χ2v) is 4.50. The molecule has 2 rings (SSSR count). The molecule has 18 heavy (non-hydrogen) atoms. The average Bonchev–Trinajstić information content (AvgIpc) is 2.72. The van der Waals surface area contributed by atoms with E-state index < -0.39 is 0 Å². The van der Waals surface area contributed by atoms with Crippen LogP contribution in [0.1, 0.15) is 0 Å². The van der Waals surface area contributed by atoms with Crippen molar-refractivity contribution in [2.24, 2.45) is 0 Å². The van der Waals surface area contributed by atoms with Crippen molar-refractivity contribution in [3.05, 3.63) is 12.3 Å². The molecule has 0 saturated carbocycles. The van der Waals surface area contributed by atoms with E-state index in [2.05, 4.69) is 15.3 Å². The van der Waals surface area contributed by atoms with Gasteiger partial charge >= 0.3 is 0 Å². The molecular weight excluding hydrogens is 234 g/mol. The zero-order chi connectivity index (χ0) is 13.0. The Labute approximate surface area is 106 Å². The van der Waals surface area contributed by atoms with Crippen LogP contribution in [-0.2, 0) is 16.1 Å². The molecule has 1 aliphatic rings. The maximum atomic E-state index is 11.7. The largest absolute Gasteiger partial charge is 0.382 e. The fraction of sp³-hybridized carbons (Fsp3) is 0.636. The Morgan fingerprint density at radius 2 is 2.56 bits per heavy atom. The van der Waals surface area contributed by atoms with Gasteiger partial charge in [0.15, 0.2) is 0 Å². The van der Waals surface area contributed by atoms with Gasteiger partial charge in [-0.3, -0.25) is 9.48 Å². The lowest BCUT2D eigenvalue weighted by Crippen LogP contribution is -2.46. The van der Waals surface area contributed by atoms with Gasteiger partial charge in [-0.2, -0.15) is 5.10 Å². The maximum absolute atomic E-state index is 11.7. The van der Waals surface area contributed by atoms with E-state index in [0.717, 1.165) is 13.1 Å². The zero-order valence-corrected chi connectivity index (χ0v) is 10.5. The summed E-state index contributed by atoms with van der Waals surface area (Å²) in [4.78, 5) is 13.9. The van der Waals surface area contributed by atoms with Gasteiger partial charge in [0.05, 0.1) is 12.7 Å². The number of amides is 1. The number of carbonyl (C=O) groups is 1. The summed E-state index contributed by atoms with van der Waals surface area (Å²) in [6, 6.07) is 1.66. The Balaban J connectivity index is 1.71. The highest BCUT2D eigenvalue weighted by Crippen LogP contribution is 2.01. The molecule has 1 fully saturated rings. The number of ether oxygens (including phenoxy) is 1. The van der Waals surface area contributed by atoms with Gasteiger partial charge in [0.2, 0.25) is 5.91 Å². The number of anilines is 1. The Morgan fingerprint density at radius 3 is 3.22 bits per heavy atom. The molecule has 1 atom stereocenters. The summed E-state index contributed by atoms with van der Waals surface area (Å²) in [5.74, 6) is 0.329. The Kier molecular flexibility index (Phi) is 4.16. The van der Waals surface area contributed by atoms with Crippen molar-refractivity contribution < 1.29 is 9.53 Å². The van der Waals surface area contributed by atoms with E-state index in [4.69, 9.17) is 10.5 Å². The van der Waals surface area contributed by atoms with Crippen molar-refractivity contribution in [1.29, 1.82) is 0 Å². The normalized spacial score (nSPS) is 20.8. The molecule has 7 nitrogen and oxygen atoms in total. The van der Waals surface area contributed by atoms with Crippen LogP contribution in [0.25, 0.3) is 0 Å². The number of rotatable bonds is 4. The summed E-state index contributed by atoms with van der Waals surface area (Å²) in [5, 5.41) is 6.79. The van der Waals surface area contributed by atoms with Crippen LogP contribution in [0.2, 0.25) is 0 Å². The number of hydrogen-bond donors (Lipinski definition) is 2. The van der Waals surface area contributed by atoms with Gasteiger partial charge in [0, 0.05) is 25.8 Å². The van der Waals surface area contributed by atoms with Gasteiger partial charge in [0.1, 0.15) is 12.4 Å². The maximum Gasteiger partial charge on any atom is 0.241 e. The van der Waals surface area contributed by atoms with E-state index in [1.165, 1.54) is 4.68 Å². The molecule has 2 heterocycles. The first kappa shape index (κ1) is 12.8. The predicted octanol–water partition coefficient (Wildman–Crippen LogP) is -1.09. The third-order valence-corrected chi connectivity index (χ3v) is 2.84. The van der Waals surface area contributed by atoms with E-state index in [-0.39, 0.29) is 18.6 Å². The van der Waals surface area contributed by atoms with E-state index in [9.17, 15) is 4.79 Å². The molecule has 3 N–H and O–H groups in total. The third kappa shape index (κ3) is 3.71. The highest BCUT2D eigenvalue weighted by Gasteiger charge is 2.18. The monoisotopic (exact) mass is 253 g/mol. The minimum Gasteiger partial charge on any atom is -0.382 e. The first-order chi connectivity index (χ1) is 8.63. The van der Waals surface area contributed by atoms with Crippen LogP contribution in [-0.4, -0.2) is 60.0 Å². The molecule has 1 amide bonds. The second kappa shape index (κ2) is 5.83. The number of likely N-dealkylation sites (N-methyl/N-ethyl adjacent to an activating group) is 1. The number of morpholine rings is 1. The lowest BCUT2D eigenvalue weighted by molar-refractivity contribution is -0.123. The van der Waals surface area contributed by atoms with Gasteiger partial charge < -0.3 is 20.7 Å². The Bertz CT molecular complexity index is 406. The topological polar surface area (TPSA) is 85.4 Å². The predicted molar refractivity (Wildman–Crippen MR) is 66.9 cm³/mol. The lowest BCUT2D eigenvalue weighted by Gasteiger charge is -2.30. The quantitative estimate of drug-likeness (QED) is 0.712. The highest BCUT2D eigenvalue weighted by molar-refractivity contribution is 5.75. The first-order valence-corrected chi connectivity index (χ1v) is 5.99. The van der Waals surface area contributed by atoms with Crippen molar-refractivity contribution in [2.75, 3.05) is 39.0 Å². The molecule has 7 heteroatoms. The van der Waals surface area contributed by atoms with Crippen LogP contribution in [0.3, 0.4) is 0 Å². The number of nitrogens with zero attached hydrogens (tertiary/aromatic N) is 3. The fourth-order valence-electron chi connectivity index (χ4n) is 1.89. The molecule has 1 aliphatic heterocycles. The average molecular weight is 253 g/mol. The SMILES string of the molecule is CN1CCOC(CNC(=O)Cn2ccc(N)n2)C1. The van der Waals surface area contributed by atoms with Crippen LogP contribution in [0.4, 0.5) is 5.82 Å². The van der Waals surface area contributed by atoms with Crippen molar-refractivity contribution in [1.82, 2.24) is 20.0 Å². The van der Waals surface area contributed by atoms with Gasteiger partial charge in [-0.05, 0) is 13.1 Å². The van der Waals surface area contributed by atoms with Gasteiger partial charge in [-0.25, -0.2) is 0 Å². The van der Waals surface area contributed by atoms with E-state index in [1.807, 2.05) is 7.05 Å². The first-order valence-electron chi connectivity index (χ1n) is 5.99. The van der Waals surface area contributed by atoms with Crippen LogP contribution in [0.5, 0.6) is 0 Å². The molecule has 0 bridgehead atoms. The zero-order valence-electron chi connectivity index (χ0n) is 10.5. The molecule has 1 unspecified atom stereocenters. The summed E-state index contributed by atoms with van der Waals surface area (Å²) in [6.45, 7) is 3.21. The number of aromatic nitrogens is 2. The smallest absolute Gasteiger partial charge is 0.241 e. The molecule has 1 aromatic heterocycles. The minimum absolute atomic E-state index is 0.0652. The van der Waals surface area contributed by atoms with Crippen LogP contribution < -0.4 is 11.1 Å².